The Morgan fingerprint density at radius 1 is 1.29 bits per heavy atom. The van der Waals surface area contributed by atoms with Gasteiger partial charge in [0.05, 0.1) is 0 Å². The standard InChI is InChI=1S/C15H27NO/c1-4-7-13-8-5-9-15(10-6-11-15)16(13)14(17)12(2)3/h12-13H,4-11H2,1-3H3. The van der Waals surface area contributed by atoms with Gasteiger partial charge in [0.15, 0.2) is 0 Å². The normalized spacial score (nSPS) is 27.3. The first-order valence-corrected chi connectivity index (χ1v) is 7.44. The van der Waals surface area contributed by atoms with Crippen molar-refractivity contribution in [3.63, 3.8) is 0 Å². The zero-order valence-corrected chi connectivity index (χ0v) is 11.7. The van der Waals surface area contributed by atoms with Crippen molar-refractivity contribution < 1.29 is 4.79 Å². The summed E-state index contributed by atoms with van der Waals surface area (Å²) in [6.07, 6.45) is 10.0. The predicted molar refractivity (Wildman–Crippen MR) is 70.8 cm³/mol. The summed E-state index contributed by atoms with van der Waals surface area (Å²) in [6.45, 7) is 6.33. The SMILES string of the molecule is CCCC1CCCC2(CCC2)N1C(=O)C(C)C. The summed E-state index contributed by atoms with van der Waals surface area (Å²) in [5.74, 6) is 0.563. The molecule has 1 aliphatic carbocycles. The Balaban J connectivity index is 2.19. The number of amides is 1. The first kappa shape index (κ1) is 12.9. The zero-order valence-electron chi connectivity index (χ0n) is 11.7. The van der Waals surface area contributed by atoms with Crippen molar-refractivity contribution >= 4 is 5.91 Å². The van der Waals surface area contributed by atoms with Crippen LogP contribution in [0.4, 0.5) is 0 Å². The monoisotopic (exact) mass is 237 g/mol. The number of nitrogens with zero attached hydrogens (tertiary/aromatic N) is 1. The van der Waals surface area contributed by atoms with E-state index >= 15 is 0 Å². The van der Waals surface area contributed by atoms with E-state index in [0.29, 0.717) is 11.9 Å². The maximum atomic E-state index is 12.5. The zero-order chi connectivity index (χ0) is 12.5. The summed E-state index contributed by atoms with van der Waals surface area (Å²) in [5.41, 5.74) is 0.277. The van der Waals surface area contributed by atoms with Crippen LogP contribution in [-0.2, 0) is 4.79 Å². The van der Waals surface area contributed by atoms with Crippen molar-refractivity contribution in [3.8, 4) is 0 Å². The molecule has 1 spiro atoms. The van der Waals surface area contributed by atoms with Gasteiger partial charge in [-0.1, -0.05) is 27.2 Å². The average molecular weight is 237 g/mol. The van der Waals surface area contributed by atoms with Crippen LogP contribution in [0.25, 0.3) is 0 Å². The summed E-state index contributed by atoms with van der Waals surface area (Å²) >= 11 is 0. The van der Waals surface area contributed by atoms with Gasteiger partial charge in [0.2, 0.25) is 5.91 Å². The number of piperidine rings is 1. The molecule has 2 heteroatoms. The lowest BCUT2D eigenvalue weighted by molar-refractivity contribution is -0.155. The molecule has 2 fully saturated rings. The number of hydrogen-bond donors (Lipinski definition) is 0. The van der Waals surface area contributed by atoms with E-state index in [1.165, 1.54) is 51.4 Å². The quantitative estimate of drug-likeness (QED) is 0.732. The number of rotatable bonds is 3. The highest BCUT2D eigenvalue weighted by Crippen LogP contribution is 2.47. The third-order valence-electron chi connectivity index (χ3n) is 4.69. The minimum absolute atomic E-state index is 0.157. The first-order chi connectivity index (χ1) is 8.10. The summed E-state index contributed by atoms with van der Waals surface area (Å²) in [7, 11) is 0. The Labute approximate surface area is 106 Å². The predicted octanol–water partition coefficient (Wildman–Crippen LogP) is 3.75. The number of carbonyl (C=O) groups excluding carboxylic acids is 1. The van der Waals surface area contributed by atoms with Gasteiger partial charge in [0.1, 0.15) is 0 Å². The van der Waals surface area contributed by atoms with Crippen LogP contribution in [0.3, 0.4) is 0 Å². The lowest BCUT2D eigenvalue weighted by atomic mass is 9.68. The van der Waals surface area contributed by atoms with Gasteiger partial charge in [-0.25, -0.2) is 0 Å². The van der Waals surface area contributed by atoms with Gasteiger partial charge in [-0.15, -0.1) is 0 Å². The fraction of sp³-hybridized carbons (Fsp3) is 0.933. The molecule has 0 bridgehead atoms. The van der Waals surface area contributed by atoms with Crippen LogP contribution in [0.2, 0.25) is 0 Å². The van der Waals surface area contributed by atoms with E-state index in [0.717, 1.165) is 0 Å². The molecule has 1 aliphatic heterocycles. The minimum Gasteiger partial charge on any atom is -0.334 e. The van der Waals surface area contributed by atoms with Crippen molar-refractivity contribution in [1.29, 1.82) is 0 Å². The lowest BCUT2D eigenvalue weighted by Gasteiger charge is -2.57. The summed E-state index contributed by atoms with van der Waals surface area (Å²) in [4.78, 5) is 14.8. The molecule has 1 saturated heterocycles. The Hall–Kier alpha value is -0.530. The summed E-state index contributed by atoms with van der Waals surface area (Å²) in [6, 6.07) is 0.531. The Morgan fingerprint density at radius 3 is 2.41 bits per heavy atom. The number of carbonyl (C=O) groups is 1. The molecule has 0 N–H and O–H groups in total. The third-order valence-corrected chi connectivity index (χ3v) is 4.69. The van der Waals surface area contributed by atoms with Gasteiger partial charge < -0.3 is 4.90 Å². The van der Waals surface area contributed by atoms with E-state index in [-0.39, 0.29) is 11.5 Å². The van der Waals surface area contributed by atoms with E-state index in [1.54, 1.807) is 0 Å². The van der Waals surface area contributed by atoms with Gasteiger partial charge >= 0.3 is 0 Å². The van der Waals surface area contributed by atoms with Crippen LogP contribution >= 0.6 is 0 Å². The van der Waals surface area contributed by atoms with Crippen molar-refractivity contribution in [3.05, 3.63) is 0 Å². The van der Waals surface area contributed by atoms with E-state index in [9.17, 15) is 4.79 Å². The van der Waals surface area contributed by atoms with E-state index < -0.39 is 0 Å². The molecule has 1 saturated carbocycles. The summed E-state index contributed by atoms with van der Waals surface area (Å²) < 4.78 is 0. The van der Waals surface area contributed by atoms with Crippen molar-refractivity contribution in [1.82, 2.24) is 4.90 Å². The van der Waals surface area contributed by atoms with Gasteiger partial charge in [-0.2, -0.15) is 0 Å². The molecule has 0 aromatic carbocycles. The smallest absolute Gasteiger partial charge is 0.225 e. The fourth-order valence-electron chi connectivity index (χ4n) is 3.68. The van der Waals surface area contributed by atoms with Gasteiger partial charge in [0.25, 0.3) is 0 Å². The molecule has 1 heterocycles. The highest BCUT2D eigenvalue weighted by molar-refractivity contribution is 5.79. The maximum Gasteiger partial charge on any atom is 0.225 e. The second-order valence-corrected chi connectivity index (χ2v) is 6.28. The van der Waals surface area contributed by atoms with Crippen LogP contribution in [0, 0.1) is 5.92 Å². The molecule has 0 aromatic rings. The van der Waals surface area contributed by atoms with Crippen LogP contribution in [0.15, 0.2) is 0 Å². The Morgan fingerprint density at radius 2 is 1.94 bits per heavy atom. The second kappa shape index (κ2) is 4.99. The van der Waals surface area contributed by atoms with E-state index in [4.69, 9.17) is 0 Å². The lowest BCUT2D eigenvalue weighted by Crippen LogP contribution is -2.63. The van der Waals surface area contributed by atoms with Crippen molar-refractivity contribution in [2.24, 2.45) is 5.92 Å². The molecule has 1 amide bonds. The van der Waals surface area contributed by atoms with Crippen LogP contribution in [-0.4, -0.2) is 22.4 Å². The van der Waals surface area contributed by atoms with Crippen molar-refractivity contribution in [2.45, 2.75) is 83.7 Å². The Kier molecular flexibility index (Phi) is 3.79. The van der Waals surface area contributed by atoms with Gasteiger partial charge in [-0.3, -0.25) is 4.79 Å². The van der Waals surface area contributed by atoms with Crippen LogP contribution in [0.1, 0.15) is 72.1 Å². The molecule has 1 atom stereocenters. The molecule has 0 radical (unpaired) electrons. The molecular formula is C15H27NO. The first-order valence-electron chi connectivity index (χ1n) is 7.44. The third kappa shape index (κ3) is 2.23. The summed E-state index contributed by atoms with van der Waals surface area (Å²) in [5, 5.41) is 0. The maximum absolute atomic E-state index is 12.5. The molecule has 2 rings (SSSR count). The van der Waals surface area contributed by atoms with E-state index in [1.807, 2.05) is 13.8 Å². The molecule has 98 valence electrons. The number of likely N-dealkylation sites (tertiary alicyclic amines) is 1. The molecule has 1 unspecified atom stereocenters. The van der Waals surface area contributed by atoms with Crippen LogP contribution in [0.5, 0.6) is 0 Å². The number of hydrogen-bond acceptors (Lipinski definition) is 1. The topological polar surface area (TPSA) is 20.3 Å². The van der Waals surface area contributed by atoms with E-state index in [2.05, 4.69) is 11.8 Å². The molecular weight excluding hydrogens is 210 g/mol. The molecule has 2 nitrogen and oxygen atoms in total. The largest absolute Gasteiger partial charge is 0.334 e. The molecule has 17 heavy (non-hydrogen) atoms. The highest BCUT2D eigenvalue weighted by atomic mass is 16.2. The van der Waals surface area contributed by atoms with Crippen LogP contribution < -0.4 is 0 Å². The second-order valence-electron chi connectivity index (χ2n) is 6.28. The minimum atomic E-state index is 0.157. The van der Waals surface area contributed by atoms with Gasteiger partial charge in [-0.05, 0) is 44.9 Å². The fourth-order valence-corrected chi connectivity index (χ4v) is 3.68. The highest BCUT2D eigenvalue weighted by Gasteiger charge is 2.49. The molecule has 0 aromatic heterocycles. The Bertz CT molecular complexity index is 279. The van der Waals surface area contributed by atoms with Gasteiger partial charge in [0, 0.05) is 17.5 Å². The molecule has 2 aliphatic rings. The van der Waals surface area contributed by atoms with Crippen molar-refractivity contribution in [2.75, 3.05) is 0 Å². The average Bonchev–Trinajstić information content (AvgIpc) is 2.26.